The van der Waals surface area contributed by atoms with Crippen LogP contribution in [0.4, 0.5) is 0 Å². The van der Waals surface area contributed by atoms with Crippen molar-refractivity contribution in [2.45, 2.75) is 26.2 Å². The highest BCUT2D eigenvalue weighted by Gasteiger charge is 2.14. The van der Waals surface area contributed by atoms with E-state index < -0.39 is 5.69 Å². The van der Waals surface area contributed by atoms with Crippen molar-refractivity contribution < 1.29 is 0 Å². The Hall–Kier alpha value is -2.36. The molecule has 3 rings (SSSR count). The van der Waals surface area contributed by atoms with Crippen LogP contribution >= 0.6 is 0 Å². The minimum absolute atomic E-state index is 0.0561. The Morgan fingerprint density at radius 1 is 0.900 bits per heavy atom. The van der Waals surface area contributed by atoms with E-state index in [0.717, 1.165) is 10.8 Å². The summed E-state index contributed by atoms with van der Waals surface area (Å²) in [4.78, 5) is 28.1. The lowest BCUT2D eigenvalue weighted by Crippen LogP contribution is -2.21. The van der Waals surface area contributed by atoms with Gasteiger partial charge in [0.15, 0.2) is 0 Å². The first kappa shape index (κ1) is 12.7. The highest BCUT2D eigenvalue weighted by Crippen LogP contribution is 2.27. The molecule has 0 aliphatic rings. The van der Waals surface area contributed by atoms with E-state index in [9.17, 15) is 9.59 Å². The topological polar surface area (TPSA) is 65.7 Å². The summed E-state index contributed by atoms with van der Waals surface area (Å²) in [6, 6.07) is 9.87. The standard InChI is InChI=1S/C16H16N2O2/c1-16(2,3)11-5-4-9-8-13-12(7-10(9)6-11)14(19)18-15(20)17-13/h4-8H,1-3H3,(H2,17,18,19,20). The largest absolute Gasteiger partial charge is 0.326 e. The third-order valence-electron chi connectivity index (χ3n) is 3.56. The molecule has 2 N–H and O–H groups in total. The van der Waals surface area contributed by atoms with Crippen LogP contribution < -0.4 is 11.2 Å². The molecule has 20 heavy (non-hydrogen) atoms. The SMILES string of the molecule is CC(C)(C)c1ccc2cc3[nH]c(=O)[nH]c(=O)c3cc2c1. The molecule has 0 fully saturated rings. The van der Waals surface area contributed by atoms with Gasteiger partial charge < -0.3 is 4.98 Å². The fraction of sp³-hybridized carbons (Fsp3) is 0.250. The van der Waals surface area contributed by atoms with Crippen molar-refractivity contribution in [3.8, 4) is 0 Å². The number of hydrogen-bond acceptors (Lipinski definition) is 2. The fourth-order valence-electron chi connectivity index (χ4n) is 2.38. The second kappa shape index (κ2) is 4.07. The minimum Gasteiger partial charge on any atom is -0.307 e. The van der Waals surface area contributed by atoms with Crippen LogP contribution in [0.3, 0.4) is 0 Å². The van der Waals surface area contributed by atoms with E-state index in [-0.39, 0.29) is 11.0 Å². The van der Waals surface area contributed by atoms with Crippen molar-refractivity contribution in [3.63, 3.8) is 0 Å². The second-order valence-corrected chi connectivity index (χ2v) is 6.12. The molecule has 0 amide bonds. The molecule has 2 aromatic carbocycles. The van der Waals surface area contributed by atoms with Gasteiger partial charge in [0.05, 0.1) is 10.9 Å². The first-order chi connectivity index (χ1) is 9.34. The van der Waals surface area contributed by atoms with E-state index in [0.29, 0.717) is 10.9 Å². The molecule has 102 valence electrons. The molecule has 0 spiro atoms. The first-order valence-corrected chi connectivity index (χ1v) is 6.55. The molecule has 0 aliphatic heterocycles. The maximum absolute atomic E-state index is 11.8. The molecule has 0 saturated heterocycles. The average Bonchev–Trinajstić information content (AvgIpc) is 2.35. The third-order valence-corrected chi connectivity index (χ3v) is 3.56. The number of aromatic nitrogens is 2. The summed E-state index contributed by atoms with van der Waals surface area (Å²) in [6.07, 6.45) is 0. The van der Waals surface area contributed by atoms with Crippen molar-refractivity contribution in [3.05, 3.63) is 56.7 Å². The Labute approximate surface area is 115 Å². The van der Waals surface area contributed by atoms with Crippen LogP contribution in [0.25, 0.3) is 21.7 Å². The third kappa shape index (κ3) is 2.03. The molecule has 0 radical (unpaired) electrons. The molecule has 4 heteroatoms. The Kier molecular flexibility index (Phi) is 2.57. The van der Waals surface area contributed by atoms with Gasteiger partial charge in [0.25, 0.3) is 5.56 Å². The molecule has 0 saturated carbocycles. The monoisotopic (exact) mass is 268 g/mol. The molecular formula is C16H16N2O2. The van der Waals surface area contributed by atoms with Gasteiger partial charge in [-0.15, -0.1) is 0 Å². The van der Waals surface area contributed by atoms with E-state index in [2.05, 4.69) is 42.9 Å². The Balaban J connectivity index is 2.40. The predicted octanol–water partition coefficient (Wildman–Crippen LogP) is 2.67. The van der Waals surface area contributed by atoms with Crippen molar-refractivity contribution in [1.29, 1.82) is 0 Å². The van der Waals surface area contributed by atoms with Crippen LogP contribution in [-0.2, 0) is 5.41 Å². The summed E-state index contributed by atoms with van der Waals surface area (Å²) in [6.45, 7) is 6.46. The normalized spacial score (nSPS) is 12.2. The van der Waals surface area contributed by atoms with Crippen LogP contribution in [0.15, 0.2) is 39.9 Å². The van der Waals surface area contributed by atoms with Crippen LogP contribution in [0.5, 0.6) is 0 Å². The molecule has 0 aliphatic carbocycles. The Morgan fingerprint density at radius 2 is 1.65 bits per heavy atom. The summed E-state index contributed by atoms with van der Waals surface area (Å²) in [7, 11) is 0. The maximum atomic E-state index is 11.8. The van der Waals surface area contributed by atoms with Crippen LogP contribution in [-0.4, -0.2) is 9.97 Å². The van der Waals surface area contributed by atoms with E-state index in [4.69, 9.17) is 0 Å². The van der Waals surface area contributed by atoms with Gasteiger partial charge in [-0.3, -0.25) is 9.78 Å². The number of hydrogen-bond donors (Lipinski definition) is 2. The summed E-state index contributed by atoms with van der Waals surface area (Å²) < 4.78 is 0. The lowest BCUT2D eigenvalue weighted by molar-refractivity contribution is 0.591. The number of nitrogens with one attached hydrogen (secondary N) is 2. The van der Waals surface area contributed by atoms with E-state index in [1.807, 2.05) is 18.2 Å². The van der Waals surface area contributed by atoms with Crippen molar-refractivity contribution in [2.24, 2.45) is 0 Å². The molecule has 1 heterocycles. The smallest absolute Gasteiger partial charge is 0.307 e. The second-order valence-electron chi connectivity index (χ2n) is 6.12. The van der Waals surface area contributed by atoms with Crippen LogP contribution in [0.1, 0.15) is 26.3 Å². The van der Waals surface area contributed by atoms with Crippen molar-refractivity contribution in [2.75, 3.05) is 0 Å². The van der Waals surface area contributed by atoms with Gasteiger partial charge in [-0.2, -0.15) is 0 Å². The number of rotatable bonds is 0. The lowest BCUT2D eigenvalue weighted by atomic mass is 9.86. The maximum Gasteiger partial charge on any atom is 0.326 e. The van der Waals surface area contributed by atoms with Crippen LogP contribution in [0, 0.1) is 0 Å². The van der Waals surface area contributed by atoms with E-state index >= 15 is 0 Å². The van der Waals surface area contributed by atoms with Gasteiger partial charge in [-0.05, 0) is 33.9 Å². The lowest BCUT2D eigenvalue weighted by Gasteiger charge is -2.19. The zero-order chi connectivity index (χ0) is 14.5. The summed E-state index contributed by atoms with van der Waals surface area (Å²) in [5, 5.41) is 2.51. The van der Waals surface area contributed by atoms with E-state index in [1.54, 1.807) is 0 Å². The van der Waals surface area contributed by atoms with Gasteiger partial charge in [0.2, 0.25) is 0 Å². The van der Waals surface area contributed by atoms with Gasteiger partial charge >= 0.3 is 5.69 Å². The minimum atomic E-state index is -0.479. The molecular weight excluding hydrogens is 252 g/mol. The summed E-state index contributed by atoms with van der Waals surface area (Å²) in [5.74, 6) is 0. The van der Waals surface area contributed by atoms with Gasteiger partial charge in [0, 0.05) is 0 Å². The quantitative estimate of drug-likeness (QED) is 0.616. The first-order valence-electron chi connectivity index (χ1n) is 6.55. The van der Waals surface area contributed by atoms with Crippen molar-refractivity contribution in [1.82, 2.24) is 9.97 Å². The van der Waals surface area contributed by atoms with Crippen LogP contribution in [0.2, 0.25) is 0 Å². The molecule has 0 atom stereocenters. The number of fused-ring (bicyclic) bond motifs is 2. The Bertz CT molecular complexity index is 927. The van der Waals surface area contributed by atoms with Crippen molar-refractivity contribution >= 4 is 21.7 Å². The number of aromatic amines is 2. The predicted molar refractivity (Wildman–Crippen MR) is 81.4 cm³/mol. The molecule has 3 aromatic rings. The zero-order valence-electron chi connectivity index (χ0n) is 11.7. The zero-order valence-corrected chi connectivity index (χ0v) is 11.7. The number of benzene rings is 2. The Morgan fingerprint density at radius 3 is 2.35 bits per heavy atom. The summed E-state index contributed by atoms with van der Waals surface area (Å²) >= 11 is 0. The molecule has 0 bridgehead atoms. The van der Waals surface area contributed by atoms with Gasteiger partial charge in [-0.25, -0.2) is 4.79 Å². The fourth-order valence-corrected chi connectivity index (χ4v) is 2.38. The molecule has 4 nitrogen and oxygen atoms in total. The summed E-state index contributed by atoms with van der Waals surface area (Å²) in [5.41, 5.74) is 1.00. The van der Waals surface area contributed by atoms with E-state index in [1.165, 1.54) is 5.56 Å². The number of H-pyrrole nitrogens is 2. The van der Waals surface area contributed by atoms with Gasteiger partial charge in [-0.1, -0.05) is 39.0 Å². The molecule has 1 aromatic heterocycles. The highest BCUT2D eigenvalue weighted by molar-refractivity contribution is 5.96. The molecule has 0 unspecified atom stereocenters. The highest BCUT2D eigenvalue weighted by atomic mass is 16.2. The van der Waals surface area contributed by atoms with Gasteiger partial charge in [0.1, 0.15) is 0 Å². The average molecular weight is 268 g/mol.